The number of rotatable bonds is 4. The number of nitrogens with one attached hydrogen (secondary N) is 2. The van der Waals surface area contributed by atoms with Crippen molar-refractivity contribution in [3.05, 3.63) is 29.7 Å². The highest BCUT2D eigenvalue weighted by molar-refractivity contribution is 5.85. The van der Waals surface area contributed by atoms with E-state index in [-0.39, 0.29) is 11.6 Å². The van der Waals surface area contributed by atoms with E-state index in [1.165, 1.54) is 12.3 Å². The van der Waals surface area contributed by atoms with Crippen molar-refractivity contribution in [3.8, 4) is 0 Å². The predicted molar refractivity (Wildman–Crippen MR) is 65.0 cm³/mol. The van der Waals surface area contributed by atoms with Gasteiger partial charge in [-0.3, -0.25) is 5.10 Å². The summed E-state index contributed by atoms with van der Waals surface area (Å²) in [7, 11) is 0. The zero-order valence-corrected chi connectivity index (χ0v) is 10.0. The molecule has 0 aliphatic heterocycles. The summed E-state index contributed by atoms with van der Waals surface area (Å²) in [5.74, 6) is 0.00242. The molecule has 0 saturated carbocycles. The Balaban J connectivity index is 2.17. The summed E-state index contributed by atoms with van der Waals surface area (Å²) in [6.07, 6.45) is 1.38. The number of carboxylic acids is 1. The first-order chi connectivity index (χ1) is 8.56. The standard InChI is InChI=1S/C11H13N5O2/c1-6(2)8-5-9(16-15-8)14-11-12-4-3-7(13-11)10(17)18/h3-6H,1-2H3,(H,17,18)(H2,12,13,14,15,16). The molecule has 3 N–H and O–H groups in total. The number of H-pyrrole nitrogens is 1. The number of carboxylic acid groups (broad SMARTS) is 1. The molecule has 0 aliphatic rings. The molecule has 2 rings (SSSR count). The third-order valence-electron chi connectivity index (χ3n) is 2.33. The van der Waals surface area contributed by atoms with Crippen LogP contribution in [0.4, 0.5) is 11.8 Å². The van der Waals surface area contributed by atoms with Gasteiger partial charge in [0, 0.05) is 18.0 Å². The number of nitrogens with zero attached hydrogens (tertiary/aromatic N) is 3. The summed E-state index contributed by atoms with van der Waals surface area (Å²) in [5.41, 5.74) is 0.916. The molecule has 0 atom stereocenters. The number of anilines is 2. The molecule has 2 aromatic heterocycles. The van der Waals surface area contributed by atoms with Crippen molar-refractivity contribution in [1.29, 1.82) is 0 Å². The maximum absolute atomic E-state index is 10.8. The van der Waals surface area contributed by atoms with Crippen molar-refractivity contribution in [2.75, 3.05) is 5.32 Å². The van der Waals surface area contributed by atoms with Gasteiger partial charge in [-0.05, 0) is 12.0 Å². The number of hydrogen-bond acceptors (Lipinski definition) is 5. The fourth-order valence-corrected chi connectivity index (χ4v) is 1.35. The van der Waals surface area contributed by atoms with Crippen molar-refractivity contribution in [2.45, 2.75) is 19.8 Å². The average Bonchev–Trinajstić information content (AvgIpc) is 2.78. The van der Waals surface area contributed by atoms with Crippen LogP contribution < -0.4 is 5.32 Å². The fourth-order valence-electron chi connectivity index (χ4n) is 1.35. The van der Waals surface area contributed by atoms with Crippen LogP contribution in [0.15, 0.2) is 18.3 Å². The van der Waals surface area contributed by atoms with E-state index in [2.05, 4.69) is 25.5 Å². The molecule has 2 aromatic rings. The van der Waals surface area contributed by atoms with Crippen LogP contribution in [0.2, 0.25) is 0 Å². The largest absolute Gasteiger partial charge is 0.477 e. The summed E-state index contributed by atoms with van der Waals surface area (Å²) in [6.45, 7) is 4.08. The van der Waals surface area contributed by atoms with Gasteiger partial charge in [-0.25, -0.2) is 14.8 Å². The van der Waals surface area contributed by atoms with Crippen LogP contribution in [0.5, 0.6) is 0 Å². The normalized spacial score (nSPS) is 10.6. The summed E-state index contributed by atoms with van der Waals surface area (Å²) >= 11 is 0. The molecule has 0 bridgehead atoms. The van der Waals surface area contributed by atoms with Crippen molar-refractivity contribution in [3.63, 3.8) is 0 Å². The summed E-state index contributed by atoms with van der Waals surface area (Å²) in [5, 5.41) is 18.6. The van der Waals surface area contributed by atoms with Gasteiger partial charge >= 0.3 is 5.97 Å². The van der Waals surface area contributed by atoms with Gasteiger partial charge in [-0.2, -0.15) is 5.10 Å². The molecule has 0 radical (unpaired) electrons. The summed E-state index contributed by atoms with van der Waals surface area (Å²) in [6, 6.07) is 3.17. The minimum atomic E-state index is -1.09. The zero-order valence-electron chi connectivity index (χ0n) is 10.0. The molecule has 0 amide bonds. The molecule has 0 fully saturated rings. The van der Waals surface area contributed by atoms with E-state index in [0.29, 0.717) is 11.7 Å². The van der Waals surface area contributed by atoms with Crippen LogP contribution in [-0.4, -0.2) is 31.2 Å². The minimum absolute atomic E-state index is 0.0629. The third kappa shape index (κ3) is 2.62. The molecular weight excluding hydrogens is 234 g/mol. The number of hydrogen-bond donors (Lipinski definition) is 3. The summed E-state index contributed by atoms with van der Waals surface area (Å²) in [4.78, 5) is 18.5. The minimum Gasteiger partial charge on any atom is -0.477 e. The molecule has 0 spiro atoms. The lowest BCUT2D eigenvalue weighted by Crippen LogP contribution is -2.04. The topological polar surface area (TPSA) is 104 Å². The number of aromatic amines is 1. The van der Waals surface area contributed by atoms with Gasteiger partial charge in [0.2, 0.25) is 5.95 Å². The number of carbonyl (C=O) groups is 1. The average molecular weight is 247 g/mol. The molecule has 0 unspecified atom stereocenters. The molecule has 0 aromatic carbocycles. The molecule has 0 saturated heterocycles. The van der Waals surface area contributed by atoms with Crippen LogP contribution in [0.3, 0.4) is 0 Å². The quantitative estimate of drug-likeness (QED) is 0.760. The maximum atomic E-state index is 10.8. The van der Waals surface area contributed by atoms with E-state index in [0.717, 1.165) is 5.69 Å². The Morgan fingerprint density at radius 1 is 1.50 bits per heavy atom. The van der Waals surface area contributed by atoms with Crippen molar-refractivity contribution in [1.82, 2.24) is 20.2 Å². The Hall–Kier alpha value is -2.44. The monoisotopic (exact) mass is 247 g/mol. The fraction of sp³-hybridized carbons (Fsp3) is 0.273. The lowest BCUT2D eigenvalue weighted by atomic mass is 10.1. The summed E-state index contributed by atoms with van der Waals surface area (Å²) < 4.78 is 0. The first kappa shape index (κ1) is 12.0. The smallest absolute Gasteiger partial charge is 0.354 e. The van der Waals surface area contributed by atoms with Crippen LogP contribution in [0.1, 0.15) is 35.9 Å². The van der Waals surface area contributed by atoms with Gasteiger partial charge in [0.1, 0.15) is 0 Å². The van der Waals surface area contributed by atoms with Gasteiger partial charge < -0.3 is 10.4 Å². The van der Waals surface area contributed by atoms with Crippen molar-refractivity contribution < 1.29 is 9.90 Å². The van der Waals surface area contributed by atoms with Crippen molar-refractivity contribution in [2.24, 2.45) is 0 Å². The van der Waals surface area contributed by atoms with Crippen LogP contribution in [0, 0.1) is 0 Å². The lowest BCUT2D eigenvalue weighted by molar-refractivity contribution is 0.0690. The van der Waals surface area contributed by atoms with Gasteiger partial charge in [0.05, 0.1) is 0 Å². The Bertz CT molecular complexity index is 564. The highest BCUT2D eigenvalue weighted by Crippen LogP contribution is 2.16. The van der Waals surface area contributed by atoms with Gasteiger partial charge in [0.25, 0.3) is 0 Å². The maximum Gasteiger partial charge on any atom is 0.354 e. The Morgan fingerprint density at radius 3 is 2.89 bits per heavy atom. The number of aromatic carboxylic acids is 1. The molecule has 94 valence electrons. The van der Waals surface area contributed by atoms with E-state index in [1.54, 1.807) is 0 Å². The Labute approximate surface area is 103 Å². The van der Waals surface area contributed by atoms with Gasteiger partial charge in [-0.1, -0.05) is 13.8 Å². The molecule has 2 heterocycles. The van der Waals surface area contributed by atoms with E-state index in [1.807, 2.05) is 19.9 Å². The Kier molecular flexibility index (Phi) is 3.22. The van der Waals surface area contributed by atoms with Crippen LogP contribution in [-0.2, 0) is 0 Å². The van der Waals surface area contributed by atoms with Gasteiger partial charge in [0.15, 0.2) is 11.5 Å². The lowest BCUT2D eigenvalue weighted by Gasteiger charge is -2.01. The predicted octanol–water partition coefficient (Wildman–Crippen LogP) is 1.76. The van der Waals surface area contributed by atoms with E-state index < -0.39 is 5.97 Å². The Morgan fingerprint density at radius 2 is 2.28 bits per heavy atom. The molecular formula is C11H13N5O2. The highest BCUT2D eigenvalue weighted by Gasteiger charge is 2.08. The molecule has 7 nitrogen and oxygen atoms in total. The zero-order chi connectivity index (χ0) is 13.1. The van der Waals surface area contributed by atoms with Crippen molar-refractivity contribution >= 4 is 17.7 Å². The second kappa shape index (κ2) is 4.82. The van der Waals surface area contributed by atoms with Crippen LogP contribution >= 0.6 is 0 Å². The van der Waals surface area contributed by atoms with E-state index in [4.69, 9.17) is 5.11 Å². The third-order valence-corrected chi connectivity index (χ3v) is 2.33. The van der Waals surface area contributed by atoms with E-state index >= 15 is 0 Å². The van der Waals surface area contributed by atoms with Crippen LogP contribution in [0.25, 0.3) is 0 Å². The first-order valence-electron chi connectivity index (χ1n) is 5.45. The van der Waals surface area contributed by atoms with E-state index in [9.17, 15) is 4.79 Å². The highest BCUT2D eigenvalue weighted by atomic mass is 16.4. The van der Waals surface area contributed by atoms with Gasteiger partial charge in [-0.15, -0.1) is 0 Å². The molecule has 7 heteroatoms. The molecule has 18 heavy (non-hydrogen) atoms. The second-order valence-electron chi connectivity index (χ2n) is 4.06. The first-order valence-corrected chi connectivity index (χ1v) is 5.45. The SMILES string of the molecule is CC(C)c1cc(Nc2nccc(C(=O)O)n2)n[nH]1. The second-order valence-corrected chi connectivity index (χ2v) is 4.06. The molecule has 0 aliphatic carbocycles. The number of aromatic nitrogens is 4.